The van der Waals surface area contributed by atoms with Gasteiger partial charge >= 0.3 is 0 Å². The molecule has 2 N–H and O–H groups in total. The lowest BCUT2D eigenvalue weighted by atomic mass is 9.89. The molecule has 178 valence electrons. The predicted octanol–water partition coefficient (Wildman–Crippen LogP) is 5.65. The summed E-state index contributed by atoms with van der Waals surface area (Å²) in [4.78, 5) is 9.72. The van der Waals surface area contributed by atoms with Gasteiger partial charge in [-0.3, -0.25) is 0 Å². The number of rotatable bonds is 7. The second-order valence-electron chi connectivity index (χ2n) is 9.45. The topological polar surface area (TPSA) is 45.4 Å². The van der Waals surface area contributed by atoms with Crippen LogP contribution < -0.4 is 10.6 Å². The summed E-state index contributed by atoms with van der Waals surface area (Å²) < 4.78 is 0. The van der Waals surface area contributed by atoms with Crippen LogP contribution in [0.4, 0.5) is 5.82 Å². The zero-order valence-corrected chi connectivity index (χ0v) is 20.7. The average molecular weight is 447 g/mol. The third-order valence-electron chi connectivity index (χ3n) is 7.04. The number of hydrogen-bond donors (Lipinski definition) is 1. The Morgan fingerprint density at radius 1 is 1.09 bits per heavy atom. The Balaban J connectivity index is 0.000000968. The molecule has 1 aromatic heterocycles. The number of allylic oxidation sites excluding steroid dienone is 1. The number of aromatic nitrogens is 1. The van der Waals surface area contributed by atoms with Gasteiger partial charge in [0.15, 0.2) is 0 Å². The number of pyridine rings is 1. The summed E-state index contributed by atoms with van der Waals surface area (Å²) in [7, 11) is 0. The first kappa shape index (κ1) is 24.9. The molecular formula is C29H42N4. The molecule has 0 bridgehead atoms. The molecule has 2 aromatic rings. The van der Waals surface area contributed by atoms with E-state index in [1.165, 1.54) is 65.7 Å². The van der Waals surface area contributed by atoms with Crippen molar-refractivity contribution in [2.45, 2.75) is 58.8 Å². The highest BCUT2D eigenvalue weighted by Crippen LogP contribution is 2.27. The fraction of sp³-hybridized carbons (Fsp3) is 0.483. The first-order chi connectivity index (χ1) is 16.0. The molecule has 4 nitrogen and oxygen atoms in total. The maximum Gasteiger partial charge on any atom is 0.128 e. The van der Waals surface area contributed by atoms with Crippen LogP contribution in [0, 0.1) is 12.8 Å². The minimum atomic E-state index is 0.760. The molecule has 2 fully saturated rings. The van der Waals surface area contributed by atoms with Crippen molar-refractivity contribution in [1.29, 1.82) is 0 Å². The van der Waals surface area contributed by atoms with E-state index in [1.54, 1.807) is 0 Å². The number of aryl methyl sites for hydroxylation is 2. The Labute approximate surface area is 201 Å². The number of anilines is 1. The summed E-state index contributed by atoms with van der Waals surface area (Å²) in [5.74, 6) is 1.93. The van der Waals surface area contributed by atoms with Crippen molar-refractivity contribution in [2.75, 3.05) is 31.1 Å². The van der Waals surface area contributed by atoms with Gasteiger partial charge in [0.1, 0.15) is 5.82 Å². The van der Waals surface area contributed by atoms with Crippen LogP contribution in [0.1, 0.15) is 54.9 Å². The van der Waals surface area contributed by atoms with Crippen LogP contribution in [0.5, 0.6) is 0 Å². The molecule has 0 spiro atoms. The zero-order valence-electron chi connectivity index (χ0n) is 20.7. The number of likely N-dealkylation sites (tertiary alicyclic amines) is 1. The molecule has 4 rings (SSSR count). The van der Waals surface area contributed by atoms with Crippen molar-refractivity contribution < 1.29 is 0 Å². The lowest BCUT2D eigenvalue weighted by molar-refractivity contribution is 0.223. The van der Waals surface area contributed by atoms with Gasteiger partial charge in [-0.15, -0.1) is 0 Å². The SMILES string of the molecule is C=C(Cc1ccc(CC)cc1)N1CCC(Cc2cnc(N3CCCC3)cc2C)CC1.C=CN. The van der Waals surface area contributed by atoms with Crippen molar-refractivity contribution in [1.82, 2.24) is 9.88 Å². The second-order valence-corrected chi connectivity index (χ2v) is 9.45. The molecule has 0 unspecified atom stereocenters. The average Bonchev–Trinajstić information content (AvgIpc) is 3.37. The van der Waals surface area contributed by atoms with Gasteiger partial charge in [-0.2, -0.15) is 0 Å². The first-order valence-corrected chi connectivity index (χ1v) is 12.6. The van der Waals surface area contributed by atoms with Crippen LogP contribution >= 0.6 is 0 Å². The van der Waals surface area contributed by atoms with Gasteiger partial charge in [0.2, 0.25) is 0 Å². The highest BCUT2D eigenvalue weighted by atomic mass is 15.2. The number of nitrogens with two attached hydrogens (primary N) is 1. The molecule has 2 saturated heterocycles. The first-order valence-electron chi connectivity index (χ1n) is 12.6. The van der Waals surface area contributed by atoms with E-state index in [0.717, 1.165) is 51.4 Å². The van der Waals surface area contributed by atoms with E-state index in [4.69, 9.17) is 4.98 Å². The summed E-state index contributed by atoms with van der Waals surface area (Å²) in [6.45, 7) is 16.6. The van der Waals surface area contributed by atoms with Gasteiger partial charge < -0.3 is 15.5 Å². The third-order valence-corrected chi connectivity index (χ3v) is 7.04. The summed E-state index contributed by atoms with van der Waals surface area (Å²) in [5.41, 5.74) is 11.5. The van der Waals surface area contributed by atoms with Crippen LogP contribution in [0.25, 0.3) is 0 Å². The van der Waals surface area contributed by atoms with Crippen LogP contribution in [-0.2, 0) is 19.3 Å². The van der Waals surface area contributed by atoms with Gasteiger partial charge in [-0.1, -0.05) is 44.3 Å². The highest BCUT2D eigenvalue weighted by Gasteiger charge is 2.22. The Hall–Kier alpha value is -2.75. The molecule has 33 heavy (non-hydrogen) atoms. The molecule has 0 radical (unpaired) electrons. The van der Waals surface area contributed by atoms with E-state index in [-0.39, 0.29) is 0 Å². The van der Waals surface area contributed by atoms with Crippen molar-refractivity contribution in [3.05, 3.63) is 83.8 Å². The Morgan fingerprint density at radius 2 is 1.70 bits per heavy atom. The summed E-state index contributed by atoms with van der Waals surface area (Å²) in [6, 6.07) is 11.3. The van der Waals surface area contributed by atoms with Gasteiger partial charge in [-0.05, 0) is 85.9 Å². The minimum absolute atomic E-state index is 0.760. The van der Waals surface area contributed by atoms with E-state index in [1.807, 2.05) is 0 Å². The molecule has 0 aliphatic carbocycles. The fourth-order valence-electron chi connectivity index (χ4n) is 4.91. The van der Waals surface area contributed by atoms with Crippen LogP contribution in [-0.4, -0.2) is 36.1 Å². The number of benzene rings is 1. The highest BCUT2D eigenvalue weighted by molar-refractivity contribution is 5.44. The monoisotopic (exact) mass is 446 g/mol. The van der Waals surface area contributed by atoms with Crippen molar-refractivity contribution in [2.24, 2.45) is 11.7 Å². The van der Waals surface area contributed by atoms with Crippen LogP contribution in [0.15, 0.2) is 61.6 Å². The molecule has 1 aromatic carbocycles. The van der Waals surface area contributed by atoms with E-state index in [2.05, 4.69) is 79.1 Å². The maximum absolute atomic E-state index is 4.79. The molecule has 2 aliphatic rings. The molecule has 0 saturated carbocycles. The number of piperidine rings is 1. The Morgan fingerprint density at radius 3 is 2.27 bits per heavy atom. The van der Waals surface area contributed by atoms with Gasteiger partial charge in [0.05, 0.1) is 0 Å². The zero-order chi connectivity index (χ0) is 23.6. The molecule has 2 aliphatic heterocycles. The maximum atomic E-state index is 4.79. The van der Waals surface area contributed by atoms with Gasteiger partial charge in [0, 0.05) is 44.5 Å². The van der Waals surface area contributed by atoms with Crippen LogP contribution in [0.2, 0.25) is 0 Å². The normalized spacial score (nSPS) is 16.3. The lowest BCUT2D eigenvalue weighted by Crippen LogP contribution is -2.34. The summed E-state index contributed by atoms with van der Waals surface area (Å²) in [6.07, 6.45) is 11.7. The van der Waals surface area contributed by atoms with Crippen molar-refractivity contribution in [3.8, 4) is 0 Å². The molecule has 0 amide bonds. The Kier molecular flexibility index (Phi) is 9.41. The summed E-state index contributed by atoms with van der Waals surface area (Å²) >= 11 is 0. The molecular weight excluding hydrogens is 404 g/mol. The van der Waals surface area contributed by atoms with Crippen molar-refractivity contribution >= 4 is 5.82 Å². The molecule has 0 atom stereocenters. The lowest BCUT2D eigenvalue weighted by Gasteiger charge is -2.35. The molecule has 4 heteroatoms. The fourth-order valence-corrected chi connectivity index (χ4v) is 4.91. The predicted molar refractivity (Wildman–Crippen MR) is 141 cm³/mol. The third kappa shape index (κ3) is 7.12. The van der Waals surface area contributed by atoms with E-state index in [9.17, 15) is 0 Å². The Bertz CT molecular complexity index is 888. The van der Waals surface area contributed by atoms with E-state index >= 15 is 0 Å². The number of hydrogen-bond acceptors (Lipinski definition) is 4. The van der Waals surface area contributed by atoms with E-state index < -0.39 is 0 Å². The van der Waals surface area contributed by atoms with Crippen molar-refractivity contribution in [3.63, 3.8) is 0 Å². The standard InChI is InChI=1S/C27H37N3.C2H5N/c1-4-23-7-9-24(10-8-23)18-22(3)29-15-11-25(12-16-29)19-26-20-28-27(17-21(26)2)30-13-5-6-14-30;1-2-3/h7-10,17,20,25H,3-6,11-16,18-19H2,1-2H3;2H,1,3H2. The van der Waals surface area contributed by atoms with Gasteiger partial charge in [-0.25, -0.2) is 4.98 Å². The summed E-state index contributed by atoms with van der Waals surface area (Å²) in [5, 5.41) is 0. The largest absolute Gasteiger partial charge is 0.405 e. The van der Waals surface area contributed by atoms with E-state index in [0.29, 0.717) is 0 Å². The minimum Gasteiger partial charge on any atom is -0.405 e. The van der Waals surface area contributed by atoms with Gasteiger partial charge in [0.25, 0.3) is 0 Å². The smallest absolute Gasteiger partial charge is 0.128 e. The van der Waals surface area contributed by atoms with Crippen LogP contribution in [0.3, 0.4) is 0 Å². The molecule has 3 heterocycles. The quantitative estimate of drug-likeness (QED) is 0.597. The number of nitrogens with zero attached hydrogens (tertiary/aromatic N) is 3. The second kappa shape index (κ2) is 12.5.